The van der Waals surface area contributed by atoms with Crippen LogP contribution in [-0.2, 0) is 14.3 Å². The van der Waals surface area contributed by atoms with Crippen LogP contribution in [-0.4, -0.2) is 42.9 Å². The SMILES string of the molecule is CCCOC(CC(C)C)(CC(C)C)C(=O)Nc1ccc(OCCOCC)nc1C. The Morgan fingerprint density at radius 3 is 2.24 bits per heavy atom. The van der Waals surface area contributed by atoms with Gasteiger partial charge in [-0.15, -0.1) is 0 Å². The van der Waals surface area contributed by atoms with E-state index in [1.807, 2.05) is 19.9 Å². The van der Waals surface area contributed by atoms with E-state index in [1.54, 1.807) is 6.07 Å². The third kappa shape index (κ3) is 8.70. The van der Waals surface area contributed by atoms with E-state index in [2.05, 4.69) is 44.9 Å². The van der Waals surface area contributed by atoms with Gasteiger partial charge in [-0.05, 0) is 51.0 Å². The molecule has 0 bridgehead atoms. The molecule has 0 fully saturated rings. The molecule has 0 aliphatic heterocycles. The molecule has 1 aromatic heterocycles. The van der Waals surface area contributed by atoms with Crippen molar-refractivity contribution in [3.63, 3.8) is 0 Å². The highest BCUT2D eigenvalue weighted by molar-refractivity contribution is 5.97. The van der Waals surface area contributed by atoms with Crippen molar-refractivity contribution in [1.29, 1.82) is 0 Å². The zero-order valence-corrected chi connectivity index (χ0v) is 19.3. The monoisotopic (exact) mass is 408 g/mol. The van der Waals surface area contributed by atoms with Gasteiger partial charge in [0, 0.05) is 19.3 Å². The van der Waals surface area contributed by atoms with Crippen molar-refractivity contribution in [3.8, 4) is 5.88 Å². The summed E-state index contributed by atoms with van der Waals surface area (Å²) in [6, 6.07) is 3.61. The Balaban J connectivity index is 2.96. The number of anilines is 1. The molecule has 0 unspecified atom stereocenters. The molecule has 6 heteroatoms. The third-order valence-electron chi connectivity index (χ3n) is 4.46. The van der Waals surface area contributed by atoms with Crippen LogP contribution in [0.3, 0.4) is 0 Å². The molecule has 166 valence electrons. The molecule has 0 saturated heterocycles. The summed E-state index contributed by atoms with van der Waals surface area (Å²) in [5.41, 5.74) is 0.562. The smallest absolute Gasteiger partial charge is 0.256 e. The van der Waals surface area contributed by atoms with Gasteiger partial charge in [-0.1, -0.05) is 34.6 Å². The fraction of sp³-hybridized carbons (Fsp3) is 0.739. The summed E-state index contributed by atoms with van der Waals surface area (Å²) in [7, 11) is 0. The number of rotatable bonds is 14. The highest BCUT2D eigenvalue weighted by atomic mass is 16.5. The van der Waals surface area contributed by atoms with Gasteiger partial charge in [-0.25, -0.2) is 4.98 Å². The van der Waals surface area contributed by atoms with Crippen molar-refractivity contribution in [1.82, 2.24) is 4.98 Å². The summed E-state index contributed by atoms with van der Waals surface area (Å²) < 4.78 is 17.1. The number of ether oxygens (including phenoxy) is 3. The van der Waals surface area contributed by atoms with Crippen LogP contribution < -0.4 is 10.1 Å². The fourth-order valence-electron chi connectivity index (χ4n) is 3.40. The number of aromatic nitrogens is 1. The van der Waals surface area contributed by atoms with Crippen molar-refractivity contribution >= 4 is 11.6 Å². The number of hydrogen-bond acceptors (Lipinski definition) is 5. The first-order valence-electron chi connectivity index (χ1n) is 10.9. The maximum atomic E-state index is 13.4. The van der Waals surface area contributed by atoms with Crippen molar-refractivity contribution in [2.24, 2.45) is 11.8 Å². The zero-order valence-electron chi connectivity index (χ0n) is 19.3. The summed E-state index contributed by atoms with van der Waals surface area (Å²) >= 11 is 0. The average Bonchev–Trinajstić information content (AvgIpc) is 2.64. The van der Waals surface area contributed by atoms with Crippen molar-refractivity contribution < 1.29 is 19.0 Å². The predicted molar refractivity (Wildman–Crippen MR) is 117 cm³/mol. The fourth-order valence-corrected chi connectivity index (χ4v) is 3.40. The zero-order chi connectivity index (χ0) is 21.9. The number of carbonyl (C=O) groups is 1. The van der Waals surface area contributed by atoms with Crippen LogP contribution in [0.4, 0.5) is 5.69 Å². The first kappa shape index (κ1) is 25.4. The van der Waals surface area contributed by atoms with Gasteiger partial charge in [0.05, 0.1) is 18.0 Å². The Kier molecular flexibility index (Phi) is 11.2. The molecule has 29 heavy (non-hydrogen) atoms. The van der Waals surface area contributed by atoms with Crippen LogP contribution in [0.5, 0.6) is 5.88 Å². The van der Waals surface area contributed by atoms with Gasteiger partial charge < -0.3 is 19.5 Å². The van der Waals surface area contributed by atoms with Crippen LogP contribution >= 0.6 is 0 Å². The van der Waals surface area contributed by atoms with E-state index in [4.69, 9.17) is 14.2 Å². The number of nitrogens with one attached hydrogen (secondary N) is 1. The number of pyridine rings is 1. The second-order valence-corrected chi connectivity index (χ2v) is 8.32. The quantitative estimate of drug-likeness (QED) is 0.439. The second-order valence-electron chi connectivity index (χ2n) is 8.32. The molecule has 0 aromatic carbocycles. The molecule has 0 aliphatic carbocycles. The lowest BCUT2D eigenvalue weighted by Gasteiger charge is -2.35. The molecule has 1 N–H and O–H groups in total. The minimum absolute atomic E-state index is 0.0942. The van der Waals surface area contributed by atoms with Gasteiger partial charge in [0.2, 0.25) is 5.88 Å². The topological polar surface area (TPSA) is 69.7 Å². The molecular weight excluding hydrogens is 368 g/mol. The minimum atomic E-state index is -0.836. The lowest BCUT2D eigenvalue weighted by molar-refractivity contribution is -0.147. The largest absolute Gasteiger partial charge is 0.475 e. The molecular formula is C23H40N2O4. The van der Waals surface area contributed by atoms with Crippen LogP contribution in [0.25, 0.3) is 0 Å². The van der Waals surface area contributed by atoms with E-state index < -0.39 is 5.60 Å². The predicted octanol–water partition coefficient (Wildman–Crippen LogP) is 5.00. The van der Waals surface area contributed by atoms with Crippen LogP contribution in [0.1, 0.15) is 66.5 Å². The van der Waals surface area contributed by atoms with E-state index in [0.717, 1.165) is 6.42 Å². The number of carbonyl (C=O) groups excluding carboxylic acids is 1. The number of nitrogens with zero attached hydrogens (tertiary/aromatic N) is 1. The first-order chi connectivity index (χ1) is 13.7. The summed E-state index contributed by atoms with van der Waals surface area (Å²) in [6.45, 7) is 16.6. The molecule has 0 atom stereocenters. The Morgan fingerprint density at radius 2 is 1.72 bits per heavy atom. The Hall–Kier alpha value is -1.66. The minimum Gasteiger partial charge on any atom is -0.475 e. The Morgan fingerprint density at radius 1 is 1.07 bits per heavy atom. The highest BCUT2D eigenvalue weighted by Gasteiger charge is 2.40. The van der Waals surface area contributed by atoms with E-state index >= 15 is 0 Å². The summed E-state index contributed by atoms with van der Waals surface area (Å²) in [6.07, 6.45) is 2.24. The summed E-state index contributed by atoms with van der Waals surface area (Å²) in [5.74, 6) is 1.12. The normalized spacial score (nSPS) is 11.9. The third-order valence-corrected chi connectivity index (χ3v) is 4.46. The van der Waals surface area contributed by atoms with Gasteiger partial charge in [-0.3, -0.25) is 4.79 Å². The Labute approximate surface area is 176 Å². The summed E-state index contributed by atoms with van der Waals surface area (Å²) in [4.78, 5) is 17.8. The van der Waals surface area contributed by atoms with Gasteiger partial charge in [0.1, 0.15) is 12.2 Å². The van der Waals surface area contributed by atoms with E-state index in [0.29, 0.717) is 68.4 Å². The molecule has 0 aliphatic rings. The average molecular weight is 409 g/mol. The second kappa shape index (κ2) is 12.8. The molecule has 6 nitrogen and oxygen atoms in total. The van der Waals surface area contributed by atoms with Crippen molar-refractivity contribution in [2.45, 2.75) is 73.3 Å². The highest BCUT2D eigenvalue weighted by Crippen LogP contribution is 2.31. The first-order valence-corrected chi connectivity index (χ1v) is 10.9. The van der Waals surface area contributed by atoms with Crippen LogP contribution in [0.15, 0.2) is 12.1 Å². The maximum absolute atomic E-state index is 13.4. The van der Waals surface area contributed by atoms with E-state index in [9.17, 15) is 4.79 Å². The molecule has 1 heterocycles. The molecule has 0 radical (unpaired) electrons. The van der Waals surface area contributed by atoms with Crippen molar-refractivity contribution in [2.75, 3.05) is 31.7 Å². The summed E-state index contributed by atoms with van der Waals surface area (Å²) in [5, 5.41) is 3.07. The van der Waals surface area contributed by atoms with Gasteiger partial charge in [0.25, 0.3) is 5.91 Å². The molecule has 1 aromatic rings. The molecule has 0 saturated carbocycles. The van der Waals surface area contributed by atoms with Gasteiger partial charge in [-0.2, -0.15) is 0 Å². The maximum Gasteiger partial charge on any atom is 0.256 e. The van der Waals surface area contributed by atoms with Crippen LogP contribution in [0.2, 0.25) is 0 Å². The van der Waals surface area contributed by atoms with E-state index in [1.165, 1.54) is 0 Å². The van der Waals surface area contributed by atoms with Gasteiger partial charge in [0.15, 0.2) is 0 Å². The van der Waals surface area contributed by atoms with Crippen LogP contribution in [0, 0.1) is 18.8 Å². The number of hydrogen-bond donors (Lipinski definition) is 1. The van der Waals surface area contributed by atoms with E-state index in [-0.39, 0.29) is 5.91 Å². The lowest BCUT2D eigenvalue weighted by Crippen LogP contribution is -2.48. The van der Waals surface area contributed by atoms with Crippen molar-refractivity contribution in [3.05, 3.63) is 17.8 Å². The lowest BCUT2D eigenvalue weighted by atomic mass is 9.83. The molecule has 1 rings (SSSR count). The number of aryl methyl sites for hydroxylation is 1. The standard InChI is InChI=1S/C23H40N2O4/c1-8-12-29-23(15-17(3)4,16-18(5)6)22(26)25-20-10-11-21(24-19(20)7)28-14-13-27-9-2/h10-11,17-18H,8-9,12-16H2,1-7H3,(H,25,26). The number of amides is 1. The Bertz CT molecular complexity index is 607. The molecule has 1 amide bonds. The van der Waals surface area contributed by atoms with Gasteiger partial charge >= 0.3 is 0 Å². The molecule has 0 spiro atoms.